The summed E-state index contributed by atoms with van der Waals surface area (Å²) in [6.45, 7) is 1.84. The lowest BCUT2D eigenvalue weighted by Crippen LogP contribution is -1.96. The number of aromatic carboxylic acids is 1. The first-order chi connectivity index (χ1) is 8.65. The molecule has 0 saturated carbocycles. The number of benzene rings is 1. The van der Waals surface area contributed by atoms with E-state index in [1.54, 1.807) is 0 Å². The van der Waals surface area contributed by atoms with Gasteiger partial charge in [-0.25, -0.2) is 9.78 Å². The number of aryl methyl sites for hydroxylation is 3. The fourth-order valence-corrected chi connectivity index (χ4v) is 3.27. The van der Waals surface area contributed by atoms with Crippen molar-refractivity contribution >= 4 is 17.3 Å². The third-order valence-electron chi connectivity index (χ3n) is 3.30. The van der Waals surface area contributed by atoms with Gasteiger partial charge in [0.25, 0.3) is 0 Å². The third kappa shape index (κ3) is 1.82. The summed E-state index contributed by atoms with van der Waals surface area (Å²) in [6, 6.07) is 6.20. The highest BCUT2D eigenvalue weighted by Crippen LogP contribution is 2.31. The SMILES string of the molecule is Cc1nc(-c2ccc3c(c2)CCC3)c(C(=O)O)s1. The summed E-state index contributed by atoms with van der Waals surface area (Å²) in [5, 5.41) is 10.00. The van der Waals surface area contributed by atoms with E-state index in [0.29, 0.717) is 10.6 Å². The van der Waals surface area contributed by atoms with Crippen LogP contribution in [0.5, 0.6) is 0 Å². The van der Waals surface area contributed by atoms with E-state index >= 15 is 0 Å². The molecule has 0 bridgehead atoms. The first kappa shape index (κ1) is 11.4. The van der Waals surface area contributed by atoms with Crippen molar-refractivity contribution in [3.05, 3.63) is 39.2 Å². The molecule has 1 aromatic carbocycles. The average Bonchev–Trinajstić information content (AvgIpc) is 2.93. The predicted molar refractivity (Wildman–Crippen MR) is 71.3 cm³/mol. The Morgan fingerprint density at radius 3 is 2.89 bits per heavy atom. The maximum atomic E-state index is 11.2. The van der Waals surface area contributed by atoms with Crippen molar-refractivity contribution < 1.29 is 9.90 Å². The lowest BCUT2D eigenvalue weighted by Gasteiger charge is -2.03. The van der Waals surface area contributed by atoms with Crippen LogP contribution in [0.15, 0.2) is 18.2 Å². The largest absolute Gasteiger partial charge is 0.477 e. The van der Waals surface area contributed by atoms with E-state index in [4.69, 9.17) is 0 Å². The summed E-state index contributed by atoms with van der Waals surface area (Å²) in [7, 11) is 0. The molecule has 0 amide bonds. The van der Waals surface area contributed by atoms with E-state index in [1.807, 2.05) is 13.0 Å². The van der Waals surface area contributed by atoms with Gasteiger partial charge in [0.05, 0.1) is 10.7 Å². The maximum absolute atomic E-state index is 11.2. The summed E-state index contributed by atoms with van der Waals surface area (Å²) >= 11 is 1.24. The number of carboxylic acid groups (broad SMARTS) is 1. The van der Waals surface area contributed by atoms with Crippen LogP contribution in [0.2, 0.25) is 0 Å². The van der Waals surface area contributed by atoms with Crippen LogP contribution in [0.1, 0.15) is 32.2 Å². The molecule has 18 heavy (non-hydrogen) atoms. The van der Waals surface area contributed by atoms with Gasteiger partial charge < -0.3 is 5.11 Å². The van der Waals surface area contributed by atoms with Crippen LogP contribution >= 0.6 is 11.3 Å². The van der Waals surface area contributed by atoms with Crippen molar-refractivity contribution in [2.24, 2.45) is 0 Å². The van der Waals surface area contributed by atoms with Gasteiger partial charge in [-0.05, 0) is 43.4 Å². The summed E-state index contributed by atoms with van der Waals surface area (Å²) in [6.07, 6.45) is 3.42. The van der Waals surface area contributed by atoms with Gasteiger partial charge in [0.15, 0.2) is 0 Å². The third-order valence-corrected chi connectivity index (χ3v) is 4.26. The van der Waals surface area contributed by atoms with Crippen molar-refractivity contribution in [3.63, 3.8) is 0 Å². The monoisotopic (exact) mass is 259 g/mol. The molecule has 0 radical (unpaired) electrons. The molecule has 0 fully saturated rings. The topological polar surface area (TPSA) is 50.2 Å². The number of thiazole rings is 1. The van der Waals surface area contributed by atoms with Crippen LogP contribution in [-0.2, 0) is 12.8 Å². The fraction of sp³-hybridized carbons (Fsp3) is 0.286. The molecule has 0 spiro atoms. The minimum Gasteiger partial charge on any atom is -0.477 e. The lowest BCUT2D eigenvalue weighted by atomic mass is 10.0. The van der Waals surface area contributed by atoms with E-state index in [1.165, 1.54) is 28.9 Å². The van der Waals surface area contributed by atoms with Crippen LogP contribution in [0.25, 0.3) is 11.3 Å². The Morgan fingerprint density at radius 2 is 2.11 bits per heavy atom. The molecule has 0 saturated heterocycles. The summed E-state index contributed by atoms with van der Waals surface area (Å²) in [5.74, 6) is -0.893. The molecule has 1 heterocycles. The van der Waals surface area contributed by atoms with Crippen LogP contribution in [0.3, 0.4) is 0 Å². The smallest absolute Gasteiger partial charge is 0.348 e. The van der Waals surface area contributed by atoms with Gasteiger partial charge in [0, 0.05) is 5.56 Å². The van der Waals surface area contributed by atoms with Gasteiger partial charge in [-0.2, -0.15) is 0 Å². The number of hydrogen-bond donors (Lipinski definition) is 1. The molecule has 1 N–H and O–H groups in total. The van der Waals surface area contributed by atoms with Crippen LogP contribution in [0.4, 0.5) is 0 Å². The Kier molecular flexibility index (Phi) is 2.67. The number of carbonyl (C=O) groups is 1. The van der Waals surface area contributed by atoms with E-state index < -0.39 is 5.97 Å². The zero-order valence-corrected chi connectivity index (χ0v) is 10.9. The normalized spacial score (nSPS) is 13.6. The number of nitrogens with zero attached hydrogens (tertiary/aromatic N) is 1. The Hall–Kier alpha value is -1.68. The fourth-order valence-electron chi connectivity index (χ4n) is 2.49. The van der Waals surface area contributed by atoms with E-state index in [2.05, 4.69) is 17.1 Å². The zero-order valence-electron chi connectivity index (χ0n) is 10.1. The second-order valence-electron chi connectivity index (χ2n) is 4.55. The maximum Gasteiger partial charge on any atom is 0.348 e. The van der Waals surface area contributed by atoms with E-state index in [0.717, 1.165) is 23.4 Å². The molecular weight excluding hydrogens is 246 g/mol. The Labute approximate surface area is 109 Å². The second kappa shape index (κ2) is 4.21. The minimum absolute atomic E-state index is 0.338. The van der Waals surface area contributed by atoms with E-state index in [9.17, 15) is 9.90 Å². The van der Waals surface area contributed by atoms with Crippen molar-refractivity contribution in [2.75, 3.05) is 0 Å². The highest BCUT2D eigenvalue weighted by molar-refractivity contribution is 7.14. The molecule has 3 nitrogen and oxygen atoms in total. The van der Waals surface area contributed by atoms with Crippen LogP contribution in [0, 0.1) is 6.92 Å². The summed E-state index contributed by atoms with van der Waals surface area (Å²) in [4.78, 5) is 15.9. The van der Waals surface area contributed by atoms with Gasteiger partial charge in [0.2, 0.25) is 0 Å². The minimum atomic E-state index is -0.893. The first-order valence-corrected chi connectivity index (χ1v) is 6.79. The molecule has 4 heteroatoms. The predicted octanol–water partition coefficient (Wildman–Crippen LogP) is 3.31. The van der Waals surface area contributed by atoms with Crippen molar-refractivity contribution in [2.45, 2.75) is 26.2 Å². The number of hydrogen-bond acceptors (Lipinski definition) is 3. The van der Waals surface area contributed by atoms with Gasteiger partial charge in [0.1, 0.15) is 4.88 Å². The first-order valence-electron chi connectivity index (χ1n) is 5.98. The van der Waals surface area contributed by atoms with Crippen LogP contribution < -0.4 is 0 Å². The number of fused-ring (bicyclic) bond motifs is 1. The van der Waals surface area contributed by atoms with Gasteiger partial charge in [-0.3, -0.25) is 0 Å². The number of carboxylic acids is 1. The number of aromatic nitrogens is 1. The molecule has 1 aliphatic carbocycles. The van der Waals surface area contributed by atoms with Gasteiger partial charge in [-0.15, -0.1) is 11.3 Å². The standard InChI is InChI=1S/C14H13NO2S/c1-8-15-12(13(18-8)14(16)17)11-6-5-9-3-2-4-10(9)7-11/h5-7H,2-4H2,1H3,(H,16,17). The van der Waals surface area contributed by atoms with Crippen molar-refractivity contribution in [1.82, 2.24) is 4.98 Å². The van der Waals surface area contributed by atoms with Crippen molar-refractivity contribution in [1.29, 1.82) is 0 Å². The Bertz CT molecular complexity index is 631. The van der Waals surface area contributed by atoms with Gasteiger partial charge in [-0.1, -0.05) is 12.1 Å². The highest BCUT2D eigenvalue weighted by atomic mass is 32.1. The molecule has 92 valence electrons. The van der Waals surface area contributed by atoms with Gasteiger partial charge >= 0.3 is 5.97 Å². The summed E-state index contributed by atoms with van der Waals surface area (Å²) < 4.78 is 0. The van der Waals surface area contributed by atoms with Crippen LogP contribution in [-0.4, -0.2) is 16.1 Å². The number of rotatable bonds is 2. The average molecular weight is 259 g/mol. The second-order valence-corrected chi connectivity index (χ2v) is 5.76. The molecule has 3 rings (SSSR count). The Balaban J connectivity index is 2.12. The highest BCUT2D eigenvalue weighted by Gasteiger charge is 2.19. The molecule has 0 atom stereocenters. The van der Waals surface area contributed by atoms with E-state index in [-0.39, 0.29) is 0 Å². The molecule has 2 aromatic rings. The quantitative estimate of drug-likeness (QED) is 0.900. The lowest BCUT2D eigenvalue weighted by molar-refractivity contribution is 0.0702. The molecule has 0 aliphatic heterocycles. The summed E-state index contributed by atoms with van der Waals surface area (Å²) in [5.41, 5.74) is 4.27. The molecule has 0 unspecified atom stereocenters. The Morgan fingerprint density at radius 1 is 1.33 bits per heavy atom. The molecule has 1 aromatic heterocycles. The zero-order chi connectivity index (χ0) is 12.7. The van der Waals surface area contributed by atoms with Crippen molar-refractivity contribution in [3.8, 4) is 11.3 Å². The molecule has 1 aliphatic rings. The molecular formula is C14H13NO2S.